The zero-order valence-corrected chi connectivity index (χ0v) is 17.7. The number of anilines is 1. The lowest BCUT2D eigenvalue weighted by Gasteiger charge is -2.23. The monoisotopic (exact) mass is 433 g/mol. The summed E-state index contributed by atoms with van der Waals surface area (Å²) < 4.78 is 22.8. The van der Waals surface area contributed by atoms with Crippen LogP contribution in [-0.4, -0.2) is 43.9 Å². The lowest BCUT2D eigenvalue weighted by atomic mass is 9.92. The zero-order valence-electron chi connectivity index (χ0n) is 16.9. The van der Waals surface area contributed by atoms with E-state index in [0.717, 1.165) is 0 Å². The summed E-state index contributed by atoms with van der Waals surface area (Å²) in [5.41, 5.74) is 8.31. The molecule has 1 aromatic carbocycles. The van der Waals surface area contributed by atoms with Crippen LogP contribution in [0.25, 0.3) is 11.0 Å². The quantitative estimate of drug-likeness (QED) is 0.567. The Hall–Kier alpha value is -2.94. The van der Waals surface area contributed by atoms with Crippen molar-refractivity contribution in [3.63, 3.8) is 0 Å². The van der Waals surface area contributed by atoms with Crippen molar-refractivity contribution in [2.75, 3.05) is 18.9 Å². The molecule has 4 N–H and O–H groups in total. The maximum atomic E-state index is 15.1. The number of aliphatic hydroxyl groups excluding tert-OH is 1. The van der Waals surface area contributed by atoms with Crippen molar-refractivity contribution in [2.45, 2.75) is 39.2 Å². The Morgan fingerprint density at radius 3 is 2.90 bits per heavy atom. The molecule has 0 aliphatic carbocycles. The highest BCUT2D eigenvalue weighted by Gasteiger charge is 2.35. The normalized spacial score (nSPS) is 17.4. The molecular formula is C20H23ClFN6O2+. The van der Waals surface area contributed by atoms with Crippen LogP contribution < -0.4 is 15.5 Å². The molecule has 0 radical (unpaired) electrons. The van der Waals surface area contributed by atoms with Gasteiger partial charge in [0.25, 0.3) is 0 Å². The van der Waals surface area contributed by atoms with Gasteiger partial charge in [0.15, 0.2) is 12.2 Å². The van der Waals surface area contributed by atoms with Gasteiger partial charge < -0.3 is 15.6 Å². The minimum atomic E-state index is -0.536. The Labute approximate surface area is 177 Å². The number of fused-ring (bicyclic) bond motifs is 1. The van der Waals surface area contributed by atoms with E-state index >= 15 is 4.39 Å². The molecule has 2 unspecified atom stereocenters. The number of ether oxygens (including phenoxy) is 1. The average Bonchev–Trinajstić information content (AvgIpc) is 3.28. The molecule has 10 heteroatoms. The Morgan fingerprint density at radius 1 is 1.47 bits per heavy atom. The standard InChI is InChI=1S/C20H22ClFN6O2/c1-4-30-18-12(6-13(21)17(22)16(18)11-5-14(29)24-7-11)10(3)28-20-15(9(2)27-28)19(23)25-8-26-20/h6,8,10-11H,4-5,7H2,1-3H3,(H,24,29)(H2,23,25,26)/p+1. The summed E-state index contributed by atoms with van der Waals surface area (Å²) in [6.45, 7) is 6.32. The van der Waals surface area contributed by atoms with Gasteiger partial charge in [-0.15, -0.1) is 0 Å². The fourth-order valence-corrected chi connectivity index (χ4v) is 4.24. The van der Waals surface area contributed by atoms with Crippen molar-refractivity contribution in [1.82, 2.24) is 19.7 Å². The number of rotatable bonds is 5. The zero-order chi connectivity index (χ0) is 21.6. The summed E-state index contributed by atoms with van der Waals surface area (Å²) in [6.07, 6.45) is 1.68. The summed E-state index contributed by atoms with van der Waals surface area (Å²) >= 11 is 6.29. The molecule has 3 heterocycles. The summed E-state index contributed by atoms with van der Waals surface area (Å²) in [5.74, 6) is 0.0480. The van der Waals surface area contributed by atoms with Gasteiger partial charge in [-0.05, 0) is 26.8 Å². The number of nitrogens with zero attached hydrogens (tertiary/aromatic N) is 4. The molecule has 0 amide bonds. The molecule has 158 valence electrons. The first-order chi connectivity index (χ1) is 14.3. The smallest absolute Gasteiger partial charge is 0.333 e. The molecule has 2 atom stereocenters. The second-order valence-electron chi connectivity index (χ2n) is 7.33. The Kier molecular flexibility index (Phi) is 5.23. The van der Waals surface area contributed by atoms with Crippen LogP contribution in [0.15, 0.2) is 12.4 Å². The first-order valence-corrected chi connectivity index (χ1v) is 10.1. The van der Waals surface area contributed by atoms with Crippen LogP contribution in [0.4, 0.5) is 10.2 Å². The van der Waals surface area contributed by atoms with Crippen molar-refractivity contribution < 1.29 is 19.2 Å². The average molecular weight is 434 g/mol. The third-order valence-electron chi connectivity index (χ3n) is 5.43. The summed E-state index contributed by atoms with van der Waals surface area (Å²) in [7, 11) is 0. The third kappa shape index (κ3) is 3.23. The van der Waals surface area contributed by atoms with Gasteiger partial charge >= 0.3 is 5.90 Å². The molecule has 8 nitrogen and oxygen atoms in total. The molecule has 0 fully saturated rings. The van der Waals surface area contributed by atoms with Crippen LogP contribution in [0.2, 0.25) is 5.02 Å². The molecule has 1 aliphatic rings. The molecule has 1 aliphatic heterocycles. The second-order valence-corrected chi connectivity index (χ2v) is 7.74. The molecular weight excluding hydrogens is 411 g/mol. The van der Waals surface area contributed by atoms with E-state index in [0.29, 0.717) is 59.0 Å². The van der Waals surface area contributed by atoms with Crippen molar-refractivity contribution >= 4 is 34.3 Å². The SMILES string of the molecule is CCOc1c(C(C)n2nc(C)c3c(N)ncnc32)cc(Cl)c(F)c1C1C[NH+]=C(O)C1. The molecule has 0 saturated heterocycles. The van der Waals surface area contributed by atoms with Crippen molar-refractivity contribution in [1.29, 1.82) is 0 Å². The van der Waals surface area contributed by atoms with E-state index in [-0.39, 0.29) is 22.9 Å². The highest BCUT2D eigenvalue weighted by Crippen LogP contribution is 2.42. The fraction of sp³-hybridized carbons (Fsp3) is 0.400. The predicted molar refractivity (Wildman–Crippen MR) is 112 cm³/mol. The number of aromatic nitrogens is 4. The Balaban J connectivity index is 1.91. The van der Waals surface area contributed by atoms with Crippen LogP contribution in [-0.2, 0) is 0 Å². The number of nitrogens with one attached hydrogen (secondary N) is 1. The van der Waals surface area contributed by atoms with E-state index in [9.17, 15) is 5.11 Å². The van der Waals surface area contributed by atoms with Gasteiger partial charge in [0.05, 0.1) is 41.1 Å². The van der Waals surface area contributed by atoms with Crippen molar-refractivity contribution in [3.8, 4) is 5.75 Å². The molecule has 3 aromatic rings. The van der Waals surface area contributed by atoms with Gasteiger partial charge in [-0.25, -0.2) is 24.0 Å². The van der Waals surface area contributed by atoms with Gasteiger partial charge in [0, 0.05) is 11.1 Å². The predicted octanol–water partition coefficient (Wildman–Crippen LogP) is 2.04. The van der Waals surface area contributed by atoms with Crippen molar-refractivity contribution in [2.24, 2.45) is 0 Å². The maximum absolute atomic E-state index is 15.1. The molecule has 0 spiro atoms. The summed E-state index contributed by atoms with van der Waals surface area (Å²) in [5, 5.41) is 15.1. The van der Waals surface area contributed by atoms with Crippen LogP contribution in [0.3, 0.4) is 0 Å². The lowest BCUT2D eigenvalue weighted by Crippen LogP contribution is -2.69. The topological polar surface area (TPSA) is 113 Å². The lowest BCUT2D eigenvalue weighted by molar-refractivity contribution is -0.458. The van der Waals surface area contributed by atoms with Crippen LogP contribution in [0.1, 0.15) is 49.0 Å². The van der Waals surface area contributed by atoms with Gasteiger partial charge in [-0.1, -0.05) is 11.6 Å². The van der Waals surface area contributed by atoms with Crippen LogP contribution in [0, 0.1) is 12.7 Å². The number of halogens is 2. The minimum absolute atomic E-state index is 0.0102. The number of hydrogen-bond acceptors (Lipinski definition) is 5. The molecule has 4 rings (SSSR count). The first kappa shape index (κ1) is 20.3. The van der Waals surface area contributed by atoms with Gasteiger partial charge in [-0.3, -0.25) is 0 Å². The van der Waals surface area contributed by atoms with E-state index in [2.05, 4.69) is 20.1 Å². The first-order valence-electron chi connectivity index (χ1n) is 9.71. The summed E-state index contributed by atoms with van der Waals surface area (Å²) in [4.78, 5) is 11.3. The van der Waals surface area contributed by atoms with Crippen LogP contribution in [0.5, 0.6) is 5.75 Å². The Bertz CT molecular complexity index is 1160. The number of aryl methyl sites for hydroxylation is 1. The number of hydrogen-bond donors (Lipinski definition) is 3. The van der Waals surface area contributed by atoms with E-state index in [1.165, 1.54) is 6.33 Å². The minimum Gasteiger partial charge on any atom is -0.493 e. The number of nitrogen functional groups attached to an aromatic ring is 1. The second kappa shape index (κ2) is 7.71. The van der Waals surface area contributed by atoms with Gasteiger partial charge in [-0.2, -0.15) is 5.10 Å². The molecule has 0 saturated carbocycles. The van der Waals surface area contributed by atoms with E-state index < -0.39 is 5.82 Å². The Morgan fingerprint density at radius 2 is 2.23 bits per heavy atom. The molecule has 2 aromatic heterocycles. The van der Waals surface area contributed by atoms with E-state index in [4.69, 9.17) is 22.1 Å². The highest BCUT2D eigenvalue weighted by atomic mass is 35.5. The fourth-order valence-electron chi connectivity index (χ4n) is 4.02. The third-order valence-corrected chi connectivity index (χ3v) is 5.71. The highest BCUT2D eigenvalue weighted by molar-refractivity contribution is 6.31. The summed E-state index contributed by atoms with van der Waals surface area (Å²) in [6, 6.07) is 1.19. The van der Waals surface area contributed by atoms with E-state index in [1.807, 2.05) is 20.8 Å². The van der Waals surface area contributed by atoms with Gasteiger partial charge in [0.1, 0.15) is 23.7 Å². The number of aliphatic hydroxyl groups is 1. The van der Waals surface area contributed by atoms with Crippen molar-refractivity contribution in [3.05, 3.63) is 40.1 Å². The van der Waals surface area contributed by atoms with Crippen LogP contribution >= 0.6 is 11.6 Å². The largest absolute Gasteiger partial charge is 0.493 e. The van der Waals surface area contributed by atoms with Gasteiger partial charge in [0.2, 0.25) is 0 Å². The number of benzene rings is 1. The molecule has 0 bridgehead atoms. The molecule has 30 heavy (non-hydrogen) atoms. The maximum Gasteiger partial charge on any atom is 0.333 e. The van der Waals surface area contributed by atoms with E-state index in [1.54, 1.807) is 10.7 Å². The number of nitrogens with two attached hydrogens (primary N) is 1.